The fourth-order valence-corrected chi connectivity index (χ4v) is 11.5. The molecule has 0 aliphatic heterocycles. The van der Waals surface area contributed by atoms with Crippen molar-refractivity contribution in [3.8, 4) is 44.5 Å². The fourth-order valence-electron chi connectivity index (χ4n) is 11.5. The second-order valence-corrected chi connectivity index (χ2v) is 18.1. The molecule has 8 aromatic rings. The molecule has 1 spiro atoms. The summed E-state index contributed by atoms with van der Waals surface area (Å²) in [6, 6.07) is 62.7. The van der Waals surface area contributed by atoms with E-state index >= 15 is 0 Å². The van der Waals surface area contributed by atoms with Crippen LogP contribution in [0, 0.1) is 27.7 Å². The Bertz CT molecular complexity index is 2950. The molecule has 11 rings (SSSR count). The van der Waals surface area contributed by atoms with Crippen molar-refractivity contribution in [3.63, 3.8) is 0 Å². The van der Waals surface area contributed by atoms with E-state index in [1.807, 2.05) is 0 Å². The van der Waals surface area contributed by atoms with Gasteiger partial charge in [-0.05, 0) is 157 Å². The van der Waals surface area contributed by atoms with Crippen molar-refractivity contribution in [2.24, 2.45) is 0 Å². The van der Waals surface area contributed by atoms with Crippen LogP contribution in [0.1, 0.15) is 98.5 Å². The monoisotopic (exact) mass is 758 g/mol. The van der Waals surface area contributed by atoms with E-state index in [9.17, 15) is 0 Å². The lowest BCUT2D eigenvalue weighted by Crippen LogP contribution is -2.27. The lowest BCUT2D eigenvalue weighted by Gasteiger charge is -2.33. The van der Waals surface area contributed by atoms with Gasteiger partial charge in [0, 0.05) is 11.3 Å². The average molecular weight is 759 g/mol. The molecule has 0 radical (unpaired) electrons. The molecule has 0 aromatic heterocycles. The van der Waals surface area contributed by atoms with Crippen LogP contribution in [0.15, 0.2) is 164 Å². The molecule has 0 fully saturated rings. The smallest absolute Gasteiger partial charge is 0.0622 e. The Kier molecular flexibility index (Phi) is 7.99. The van der Waals surface area contributed by atoms with Gasteiger partial charge in [-0.15, -0.1) is 0 Å². The molecule has 0 N–H and O–H groups in total. The highest BCUT2D eigenvalue weighted by molar-refractivity contribution is 5.97. The highest BCUT2D eigenvalue weighted by Gasteiger charge is 2.53. The molecule has 0 amide bonds. The maximum Gasteiger partial charge on any atom is 0.0728 e. The summed E-state index contributed by atoms with van der Waals surface area (Å²) in [7, 11) is 0. The summed E-state index contributed by atoms with van der Waals surface area (Å²) < 4.78 is 0. The van der Waals surface area contributed by atoms with Crippen molar-refractivity contribution in [1.82, 2.24) is 0 Å². The van der Waals surface area contributed by atoms with E-state index < -0.39 is 0 Å². The van der Waals surface area contributed by atoms with Crippen molar-refractivity contribution in [1.29, 1.82) is 0 Å². The first-order valence-corrected chi connectivity index (χ1v) is 21.5. The minimum absolute atomic E-state index is 0.0551. The molecule has 1 unspecified atom stereocenters. The van der Waals surface area contributed by atoms with E-state index in [1.54, 1.807) is 0 Å². The second-order valence-electron chi connectivity index (χ2n) is 18.1. The quantitative estimate of drug-likeness (QED) is 0.158. The number of hydrogen-bond acceptors (Lipinski definition) is 0. The Morgan fingerprint density at radius 2 is 0.966 bits per heavy atom. The molecule has 3 aliphatic carbocycles. The van der Waals surface area contributed by atoms with Crippen molar-refractivity contribution < 1.29 is 0 Å². The van der Waals surface area contributed by atoms with Crippen molar-refractivity contribution in [3.05, 3.63) is 236 Å². The van der Waals surface area contributed by atoms with Gasteiger partial charge in [0.25, 0.3) is 0 Å². The van der Waals surface area contributed by atoms with Gasteiger partial charge in [-0.25, -0.2) is 0 Å². The molecule has 0 nitrogen and oxygen atoms in total. The Labute approximate surface area is 350 Å². The zero-order valence-electron chi connectivity index (χ0n) is 35.1. The molecule has 0 bridgehead atoms. The Morgan fingerprint density at radius 3 is 1.64 bits per heavy atom. The maximum atomic E-state index is 2.55. The van der Waals surface area contributed by atoms with Gasteiger partial charge in [-0.1, -0.05) is 178 Å². The first kappa shape index (κ1) is 35.9. The largest absolute Gasteiger partial charge is 0.0728 e. The van der Waals surface area contributed by atoms with Crippen LogP contribution in [-0.2, 0) is 17.3 Å². The van der Waals surface area contributed by atoms with Crippen LogP contribution < -0.4 is 0 Å². The third kappa shape index (κ3) is 5.08. The third-order valence-electron chi connectivity index (χ3n) is 14.7. The van der Waals surface area contributed by atoms with Gasteiger partial charge in [0.2, 0.25) is 0 Å². The molecule has 0 heteroatoms. The van der Waals surface area contributed by atoms with Gasteiger partial charge in [0.05, 0.1) is 5.41 Å². The number of hydrogen-bond donors (Lipinski definition) is 0. The van der Waals surface area contributed by atoms with Crippen molar-refractivity contribution in [2.75, 3.05) is 0 Å². The highest BCUT2D eigenvalue weighted by atomic mass is 14.5. The van der Waals surface area contributed by atoms with Crippen molar-refractivity contribution in [2.45, 2.75) is 71.1 Å². The first-order chi connectivity index (χ1) is 28.7. The standard InChI is InChI=1S/C59H50/c1-36-33-50-55(34-37(36)2)59(52-22-14-11-19-47(52)48-20-12-15-23-53(48)59)57-39(4)38(3)32-44(56(50)57)29-30-45(42-26-24-41(25-27-42)40-16-8-7-9-17-40)43-28-31-49-46-18-10-13-21-51(46)58(5,6)54(49)35-43/h7-28,31-35,45H,29-30H2,1-6H3. The van der Waals surface area contributed by atoms with E-state index in [4.69, 9.17) is 0 Å². The molecular weight excluding hydrogens is 709 g/mol. The van der Waals surface area contributed by atoms with Crippen LogP contribution in [0.5, 0.6) is 0 Å². The number of benzene rings is 8. The number of rotatable bonds is 6. The summed E-state index contributed by atoms with van der Waals surface area (Å²) in [6.07, 6.45) is 1.98. The Morgan fingerprint density at radius 1 is 0.424 bits per heavy atom. The lowest BCUT2D eigenvalue weighted by molar-refractivity contribution is 0.654. The molecule has 286 valence electrons. The second kappa shape index (κ2) is 13.1. The predicted molar refractivity (Wildman–Crippen MR) is 248 cm³/mol. The molecule has 1 atom stereocenters. The van der Waals surface area contributed by atoms with Crippen LogP contribution in [0.2, 0.25) is 0 Å². The summed E-state index contributed by atoms with van der Waals surface area (Å²) in [5.74, 6) is 0.226. The molecule has 3 aliphatic rings. The van der Waals surface area contributed by atoms with Crippen molar-refractivity contribution >= 4 is 0 Å². The molecule has 8 aromatic carbocycles. The maximum absolute atomic E-state index is 2.55. The topological polar surface area (TPSA) is 0 Å². The fraction of sp³-hybridized carbons (Fsp3) is 0.186. The third-order valence-corrected chi connectivity index (χ3v) is 14.7. The molecule has 0 heterocycles. The van der Waals surface area contributed by atoms with Gasteiger partial charge in [-0.2, -0.15) is 0 Å². The average Bonchev–Trinajstić information content (AvgIpc) is 3.81. The Balaban J connectivity index is 1.09. The summed E-state index contributed by atoms with van der Waals surface area (Å²) in [4.78, 5) is 0. The summed E-state index contributed by atoms with van der Waals surface area (Å²) in [6.45, 7) is 14.1. The van der Waals surface area contributed by atoms with E-state index in [2.05, 4.69) is 205 Å². The molecule has 0 saturated carbocycles. The van der Waals surface area contributed by atoms with Gasteiger partial charge in [0.15, 0.2) is 0 Å². The first-order valence-electron chi connectivity index (χ1n) is 21.5. The van der Waals surface area contributed by atoms with Gasteiger partial charge < -0.3 is 0 Å². The van der Waals surface area contributed by atoms with Gasteiger partial charge in [0.1, 0.15) is 0 Å². The molecule has 59 heavy (non-hydrogen) atoms. The summed E-state index contributed by atoms with van der Waals surface area (Å²) in [5.41, 5.74) is 28.8. The minimum atomic E-state index is -0.353. The number of fused-ring (bicyclic) bond motifs is 13. The van der Waals surface area contributed by atoms with Crippen LogP contribution in [0.3, 0.4) is 0 Å². The van der Waals surface area contributed by atoms with E-state index in [-0.39, 0.29) is 16.7 Å². The lowest BCUT2D eigenvalue weighted by atomic mass is 9.68. The normalized spacial score (nSPS) is 14.9. The van der Waals surface area contributed by atoms with Crippen LogP contribution in [0.4, 0.5) is 0 Å². The zero-order chi connectivity index (χ0) is 40.2. The van der Waals surface area contributed by atoms with E-state index in [1.165, 1.54) is 117 Å². The van der Waals surface area contributed by atoms with E-state index in [0.29, 0.717) is 0 Å². The van der Waals surface area contributed by atoms with Crippen LogP contribution in [0.25, 0.3) is 44.5 Å². The van der Waals surface area contributed by atoms with Gasteiger partial charge >= 0.3 is 0 Å². The minimum Gasteiger partial charge on any atom is -0.0622 e. The summed E-state index contributed by atoms with van der Waals surface area (Å²) >= 11 is 0. The molecule has 0 saturated heterocycles. The van der Waals surface area contributed by atoms with Crippen LogP contribution in [-0.4, -0.2) is 0 Å². The zero-order valence-corrected chi connectivity index (χ0v) is 35.1. The predicted octanol–water partition coefficient (Wildman–Crippen LogP) is 15.0. The van der Waals surface area contributed by atoms with Gasteiger partial charge in [-0.3, -0.25) is 0 Å². The van der Waals surface area contributed by atoms with Crippen LogP contribution >= 0.6 is 0 Å². The SMILES string of the molecule is Cc1cc2c(cc1C)C1(c3ccccc3-c3ccccc31)c1c(C)c(C)cc(CCC(c3ccc(-c4ccccc4)cc3)c3ccc4c(c3)C(C)(C)c3ccccc3-4)c1-2. The van der Waals surface area contributed by atoms with E-state index in [0.717, 1.165) is 12.8 Å². The molecular formula is C59H50. The Hall–Kier alpha value is -6.24. The highest BCUT2D eigenvalue weighted by Crippen LogP contribution is 2.64. The number of aryl methyl sites for hydroxylation is 4. The summed E-state index contributed by atoms with van der Waals surface area (Å²) in [5, 5.41) is 0.